The number of para-hydroxylation sites is 1. The summed E-state index contributed by atoms with van der Waals surface area (Å²) in [6.45, 7) is 0.689. The molecule has 5 heteroatoms. The highest BCUT2D eigenvalue weighted by atomic mass is 16.2. The molecule has 0 fully saturated rings. The zero-order valence-corrected chi connectivity index (χ0v) is 17.2. The number of aromatic nitrogens is 1. The number of benzene rings is 2. The number of anilines is 1. The maximum atomic E-state index is 12.3. The lowest BCUT2D eigenvalue weighted by molar-refractivity contribution is -0.121. The molecule has 0 radical (unpaired) electrons. The topological polar surface area (TPSA) is 49.6 Å². The smallest absolute Gasteiger partial charge is 0.241 e. The van der Waals surface area contributed by atoms with Crippen LogP contribution in [0.1, 0.15) is 36.1 Å². The van der Waals surface area contributed by atoms with Crippen molar-refractivity contribution in [1.82, 2.24) is 9.99 Å². The normalized spacial score (nSPS) is 13.6. The zero-order chi connectivity index (χ0) is 20.2. The maximum absolute atomic E-state index is 12.3. The largest absolute Gasteiger partial charge is 0.378 e. The molecule has 1 N–H and O–H groups in total. The van der Waals surface area contributed by atoms with Crippen LogP contribution in [0.5, 0.6) is 0 Å². The molecule has 0 spiro atoms. The second-order valence-corrected chi connectivity index (χ2v) is 7.83. The number of hydrogen-bond donors (Lipinski definition) is 1. The summed E-state index contributed by atoms with van der Waals surface area (Å²) in [5, 5.41) is 5.47. The summed E-state index contributed by atoms with van der Waals surface area (Å²) in [5.74, 6) is -0.0616. The highest BCUT2D eigenvalue weighted by Gasteiger charge is 2.19. The van der Waals surface area contributed by atoms with Crippen molar-refractivity contribution in [2.45, 2.75) is 38.6 Å². The molecule has 1 aromatic heterocycles. The molecule has 0 aliphatic heterocycles. The van der Waals surface area contributed by atoms with Gasteiger partial charge in [0.2, 0.25) is 5.91 Å². The summed E-state index contributed by atoms with van der Waals surface area (Å²) in [5.41, 5.74) is 8.90. The van der Waals surface area contributed by atoms with Crippen LogP contribution in [0, 0.1) is 0 Å². The van der Waals surface area contributed by atoms with Gasteiger partial charge in [0.25, 0.3) is 0 Å². The maximum Gasteiger partial charge on any atom is 0.241 e. The van der Waals surface area contributed by atoms with Crippen molar-refractivity contribution >= 4 is 28.7 Å². The fourth-order valence-electron chi connectivity index (χ4n) is 4.15. The number of nitrogens with zero attached hydrogens (tertiary/aromatic N) is 3. The van der Waals surface area contributed by atoms with Crippen molar-refractivity contribution in [2.24, 2.45) is 5.10 Å². The number of nitrogens with one attached hydrogen (secondary N) is 1. The molecular weight excluding hydrogens is 360 g/mol. The quantitative estimate of drug-likeness (QED) is 0.510. The number of rotatable bonds is 6. The summed E-state index contributed by atoms with van der Waals surface area (Å²) in [6, 6.07) is 16.6. The summed E-state index contributed by atoms with van der Waals surface area (Å²) >= 11 is 0. The summed E-state index contributed by atoms with van der Waals surface area (Å²) in [7, 11) is 4.02. The predicted octanol–water partition coefficient (Wildman–Crippen LogP) is 4.13. The van der Waals surface area contributed by atoms with E-state index in [1.807, 2.05) is 43.3 Å². The highest BCUT2D eigenvalue weighted by molar-refractivity contribution is 5.86. The van der Waals surface area contributed by atoms with Gasteiger partial charge < -0.3 is 9.47 Å². The molecule has 0 unspecified atom stereocenters. The third-order valence-corrected chi connectivity index (χ3v) is 5.66. The molecule has 0 saturated heterocycles. The molecule has 0 bridgehead atoms. The van der Waals surface area contributed by atoms with Gasteiger partial charge in [-0.25, -0.2) is 5.43 Å². The van der Waals surface area contributed by atoms with Crippen LogP contribution in [0.25, 0.3) is 10.9 Å². The molecule has 0 atom stereocenters. The Morgan fingerprint density at radius 3 is 2.66 bits per heavy atom. The Morgan fingerprint density at radius 1 is 1.10 bits per heavy atom. The number of carbonyl (C=O) groups excluding carboxylic acids is 1. The van der Waals surface area contributed by atoms with E-state index in [-0.39, 0.29) is 5.91 Å². The summed E-state index contributed by atoms with van der Waals surface area (Å²) < 4.78 is 2.34. The van der Waals surface area contributed by atoms with Crippen LogP contribution in [0.4, 0.5) is 5.69 Å². The molecule has 150 valence electrons. The average molecular weight is 389 g/mol. The molecule has 3 aromatic rings. The van der Waals surface area contributed by atoms with E-state index < -0.39 is 0 Å². The number of aryl methyl sites for hydroxylation is 2. The first-order chi connectivity index (χ1) is 14.1. The Kier molecular flexibility index (Phi) is 5.65. The van der Waals surface area contributed by atoms with E-state index >= 15 is 0 Å². The molecule has 1 amide bonds. The van der Waals surface area contributed by atoms with E-state index in [0.29, 0.717) is 13.0 Å². The van der Waals surface area contributed by atoms with E-state index in [0.717, 1.165) is 24.1 Å². The first-order valence-electron chi connectivity index (χ1n) is 10.3. The number of fused-ring (bicyclic) bond motifs is 3. The summed E-state index contributed by atoms with van der Waals surface area (Å²) in [6.07, 6.45) is 6.84. The minimum absolute atomic E-state index is 0.0616. The van der Waals surface area contributed by atoms with E-state index in [9.17, 15) is 4.79 Å². The van der Waals surface area contributed by atoms with Crippen molar-refractivity contribution in [1.29, 1.82) is 0 Å². The van der Waals surface area contributed by atoms with Crippen molar-refractivity contribution in [2.75, 3.05) is 19.0 Å². The first-order valence-corrected chi connectivity index (χ1v) is 10.3. The number of amides is 1. The average Bonchev–Trinajstić information content (AvgIpc) is 3.06. The van der Waals surface area contributed by atoms with E-state index in [2.05, 4.69) is 39.4 Å². The van der Waals surface area contributed by atoms with Gasteiger partial charge in [0.15, 0.2) is 0 Å². The third-order valence-electron chi connectivity index (χ3n) is 5.66. The van der Waals surface area contributed by atoms with Crippen LogP contribution in [-0.2, 0) is 24.2 Å². The van der Waals surface area contributed by atoms with Crippen molar-refractivity contribution in [3.05, 3.63) is 65.4 Å². The highest BCUT2D eigenvalue weighted by Crippen LogP contribution is 2.32. The second kappa shape index (κ2) is 8.52. The Bertz CT molecular complexity index is 1030. The third kappa shape index (κ3) is 4.19. The van der Waals surface area contributed by atoms with Crippen LogP contribution in [0.15, 0.2) is 53.6 Å². The van der Waals surface area contributed by atoms with Gasteiger partial charge in [-0.1, -0.05) is 30.3 Å². The van der Waals surface area contributed by atoms with Crippen LogP contribution < -0.4 is 10.3 Å². The van der Waals surface area contributed by atoms with Gasteiger partial charge in [-0.15, -0.1) is 0 Å². The minimum atomic E-state index is -0.0616. The van der Waals surface area contributed by atoms with Gasteiger partial charge in [0, 0.05) is 49.3 Å². The Balaban J connectivity index is 1.39. The van der Waals surface area contributed by atoms with Gasteiger partial charge in [-0.05, 0) is 55.0 Å². The monoisotopic (exact) mass is 388 g/mol. The van der Waals surface area contributed by atoms with E-state index in [4.69, 9.17) is 0 Å². The van der Waals surface area contributed by atoms with Crippen LogP contribution in [0.3, 0.4) is 0 Å². The van der Waals surface area contributed by atoms with Gasteiger partial charge in [0.05, 0.1) is 6.21 Å². The molecule has 4 rings (SSSR count). The van der Waals surface area contributed by atoms with E-state index in [1.54, 1.807) is 6.21 Å². The molecule has 0 saturated carbocycles. The number of hydrazone groups is 1. The molecule has 2 aromatic carbocycles. The molecule has 29 heavy (non-hydrogen) atoms. The van der Waals surface area contributed by atoms with Gasteiger partial charge >= 0.3 is 0 Å². The SMILES string of the molecule is CN(C)c1ccc(/C=N\NC(=O)CCn2c3c(c4ccccc42)CCCC3)cc1. The van der Waals surface area contributed by atoms with Crippen molar-refractivity contribution in [3.8, 4) is 0 Å². The van der Waals surface area contributed by atoms with Crippen LogP contribution in [-0.4, -0.2) is 30.8 Å². The van der Waals surface area contributed by atoms with Crippen molar-refractivity contribution in [3.63, 3.8) is 0 Å². The lowest BCUT2D eigenvalue weighted by Crippen LogP contribution is -2.20. The Hall–Kier alpha value is -3.08. The number of carbonyl (C=O) groups is 1. The fourth-order valence-corrected chi connectivity index (χ4v) is 4.15. The van der Waals surface area contributed by atoms with Gasteiger partial charge in [-0.3, -0.25) is 4.79 Å². The van der Waals surface area contributed by atoms with Gasteiger partial charge in [0.1, 0.15) is 0 Å². The lowest BCUT2D eigenvalue weighted by atomic mass is 9.95. The second-order valence-electron chi connectivity index (χ2n) is 7.83. The fraction of sp³-hybridized carbons (Fsp3) is 0.333. The minimum Gasteiger partial charge on any atom is -0.378 e. The Morgan fingerprint density at radius 2 is 1.86 bits per heavy atom. The Labute approximate surface area is 172 Å². The predicted molar refractivity (Wildman–Crippen MR) is 120 cm³/mol. The van der Waals surface area contributed by atoms with Crippen LogP contribution in [0.2, 0.25) is 0 Å². The standard InChI is InChI=1S/C24H28N4O/c1-27(2)19-13-11-18(12-14-19)17-25-26-24(29)15-16-28-22-9-5-3-7-20(22)21-8-4-6-10-23(21)28/h3,5,7,9,11-14,17H,4,6,8,10,15-16H2,1-2H3,(H,26,29)/b25-17-. The first kappa shape index (κ1) is 19.2. The molecule has 5 nitrogen and oxygen atoms in total. The van der Waals surface area contributed by atoms with Crippen molar-refractivity contribution < 1.29 is 4.79 Å². The molecular formula is C24H28N4O. The zero-order valence-electron chi connectivity index (χ0n) is 17.2. The lowest BCUT2D eigenvalue weighted by Gasteiger charge is -2.15. The molecule has 1 aliphatic rings. The molecule has 1 aliphatic carbocycles. The number of hydrogen-bond acceptors (Lipinski definition) is 3. The van der Waals surface area contributed by atoms with Crippen LogP contribution >= 0.6 is 0 Å². The summed E-state index contributed by atoms with van der Waals surface area (Å²) in [4.78, 5) is 14.4. The van der Waals surface area contributed by atoms with Gasteiger partial charge in [-0.2, -0.15) is 5.10 Å². The molecule has 1 heterocycles. The van der Waals surface area contributed by atoms with E-state index in [1.165, 1.54) is 35.0 Å².